The summed E-state index contributed by atoms with van der Waals surface area (Å²) in [4.78, 5) is 20.1. The summed E-state index contributed by atoms with van der Waals surface area (Å²) in [5.74, 6) is 1.91. The molecule has 4 rings (SSSR count). The van der Waals surface area contributed by atoms with Gasteiger partial charge in [0.05, 0.1) is 0 Å². The zero-order chi connectivity index (χ0) is 18.1. The summed E-state index contributed by atoms with van der Waals surface area (Å²) in [6.45, 7) is 7.04. The smallest absolute Gasteiger partial charge is 0.227 e. The first-order valence-corrected chi connectivity index (χ1v) is 9.81. The summed E-state index contributed by atoms with van der Waals surface area (Å²) < 4.78 is 14.8. The fourth-order valence-electron chi connectivity index (χ4n) is 3.54. The topological polar surface area (TPSA) is 48.4 Å². The summed E-state index contributed by atoms with van der Waals surface area (Å²) in [5, 5.41) is 0. The monoisotopic (exact) mass is 420 g/mol. The molecule has 8 heteroatoms. The van der Waals surface area contributed by atoms with Crippen LogP contribution in [0.5, 0.6) is 0 Å². The Morgan fingerprint density at radius 1 is 0.923 bits per heavy atom. The van der Waals surface area contributed by atoms with Gasteiger partial charge < -0.3 is 14.7 Å². The molecule has 0 amide bonds. The minimum Gasteiger partial charge on any atom is -0.356 e. The van der Waals surface area contributed by atoms with Gasteiger partial charge in [0, 0.05) is 61.7 Å². The first kappa shape index (κ1) is 17.5. The molecule has 0 N–H and O–H groups in total. The Kier molecular flexibility index (Phi) is 4.93. The molecule has 2 fully saturated rings. The average Bonchev–Trinajstić information content (AvgIpc) is 3.16. The minimum atomic E-state index is -0.295. The van der Waals surface area contributed by atoms with Gasteiger partial charge in [-0.1, -0.05) is 0 Å². The second kappa shape index (κ2) is 7.34. The molecule has 26 heavy (non-hydrogen) atoms. The van der Waals surface area contributed by atoms with Crippen molar-refractivity contribution < 1.29 is 4.39 Å². The van der Waals surface area contributed by atoms with Gasteiger partial charge in [-0.25, -0.2) is 14.4 Å². The SMILES string of the molecule is Cc1cc(N2CCCC2)nc(N2CCN(c3ncc(Br)cc3F)CC2)n1. The lowest BCUT2D eigenvalue weighted by Gasteiger charge is -2.35. The molecule has 0 saturated carbocycles. The number of pyridine rings is 1. The van der Waals surface area contributed by atoms with E-state index < -0.39 is 0 Å². The fraction of sp³-hybridized carbons (Fsp3) is 0.500. The molecule has 2 aromatic heterocycles. The van der Waals surface area contributed by atoms with Crippen molar-refractivity contribution in [1.29, 1.82) is 0 Å². The third-order valence-electron chi connectivity index (χ3n) is 4.91. The van der Waals surface area contributed by atoms with Gasteiger partial charge in [-0.2, -0.15) is 4.98 Å². The first-order chi connectivity index (χ1) is 12.6. The standard InChI is InChI=1S/C18H22BrFN6/c1-13-10-16(24-4-2-3-5-24)23-18(22-13)26-8-6-25(7-9-26)17-15(20)11-14(19)12-21-17/h10-12H,2-9H2,1H3. The van der Waals surface area contributed by atoms with Crippen LogP contribution in [0.3, 0.4) is 0 Å². The van der Waals surface area contributed by atoms with Gasteiger partial charge in [0.15, 0.2) is 11.6 Å². The molecule has 2 saturated heterocycles. The number of nitrogens with zero attached hydrogens (tertiary/aromatic N) is 6. The van der Waals surface area contributed by atoms with Crippen molar-refractivity contribution in [3.63, 3.8) is 0 Å². The normalized spacial score (nSPS) is 17.9. The first-order valence-electron chi connectivity index (χ1n) is 9.02. The lowest BCUT2D eigenvalue weighted by molar-refractivity contribution is 0.584. The van der Waals surface area contributed by atoms with Gasteiger partial charge in [-0.15, -0.1) is 0 Å². The average molecular weight is 421 g/mol. The number of hydrogen-bond donors (Lipinski definition) is 0. The Labute approximate surface area is 161 Å². The van der Waals surface area contributed by atoms with E-state index in [1.54, 1.807) is 6.20 Å². The highest BCUT2D eigenvalue weighted by atomic mass is 79.9. The largest absolute Gasteiger partial charge is 0.356 e. The second-order valence-corrected chi connectivity index (χ2v) is 7.71. The van der Waals surface area contributed by atoms with Gasteiger partial charge in [0.2, 0.25) is 5.95 Å². The van der Waals surface area contributed by atoms with Crippen molar-refractivity contribution in [3.8, 4) is 0 Å². The summed E-state index contributed by atoms with van der Waals surface area (Å²) in [5.41, 5.74) is 0.986. The number of halogens is 2. The van der Waals surface area contributed by atoms with Gasteiger partial charge in [-0.3, -0.25) is 0 Å². The Hall–Kier alpha value is -1.96. The Bertz CT molecular complexity index is 787. The summed E-state index contributed by atoms with van der Waals surface area (Å²) in [6, 6.07) is 3.52. The third-order valence-corrected chi connectivity index (χ3v) is 5.34. The molecule has 2 aliphatic rings. The number of hydrogen-bond acceptors (Lipinski definition) is 6. The number of rotatable bonds is 3. The van der Waals surface area contributed by atoms with Gasteiger partial charge in [0.1, 0.15) is 5.82 Å². The van der Waals surface area contributed by atoms with E-state index >= 15 is 0 Å². The molecule has 0 radical (unpaired) electrons. The van der Waals surface area contributed by atoms with Crippen LogP contribution in [-0.2, 0) is 0 Å². The van der Waals surface area contributed by atoms with Crippen molar-refractivity contribution in [3.05, 3.63) is 34.3 Å². The zero-order valence-corrected chi connectivity index (χ0v) is 16.4. The van der Waals surface area contributed by atoms with Crippen molar-refractivity contribution in [2.24, 2.45) is 0 Å². The number of piperazine rings is 1. The maximum Gasteiger partial charge on any atom is 0.227 e. The molecule has 138 valence electrons. The van der Waals surface area contributed by atoms with Crippen LogP contribution in [0.15, 0.2) is 22.8 Å². The quantitative estimate of drug-likeness (QED) is 0.760. The van der Waals surface area contributed by atoms with E-state index in [0.29, 0.717) is 23.4 Å². The molecular weight excluding hydrogens is 399 g/mol. The van der Waals surface area contributed by atoms with Crippen molar-refractivity contribution >= 4 is 33.5 Å². The molecule has 2 aromatic rings. The molecule has 6 nitrogen and oxygen atoms in total. The Balaban J connectivity index is 1.47. The van der Waals surface area contributed by atoms with Crippen LogP contribution in [0.4, 0.5) is 22.0 Å². The van der Waals surface area contributed by atoms with Gasteiger partial charge >= 0.3 is 0 Å². The van der Waals surface area contributed by atoms with E-state index in [0.717, 1.165) is 43.6 Å². The van der Waals surface area contributed by atoms with E-state index in [1.807, 2.05) is 11.8 Å². The molecule has 0 atom stereocenters. The lowest BCUT2D eigenvalue weighted by Crippen LogP contribution is -2.47. The highest BCUT2D eigenvalue weighted by molar-refractivity contribution is 9.10. The predicted octanol–water partition coefficient (Wildman–Crippen LogP) is 3.01. The minimum absolute atomic E-state index is 0.295. The summed E-state index contributed by atoms with van der Waals surface area (Å²) in [7, 11) is 0. The van der Waals surface area contributed by atoms with Crippen molar-refractivity contribution in [2.75, 3.05) is 54.0 Å². The molecule has 4 heterocycles. The van der Waals surface area contributed by atoms with Crippen LogP contribution in [0.2, 0.25) is 0 Å². The van der Waals surface area contributed by atoms with Crippen molar-refractivity contribution in [1.82, 2.24) is 15.0 Å². The predicted molar refractivity (Wildman–Crippen MR) is 105 cm³/mol. The number of aromatic nitrogens is 3. The Morgan fingerprint density at radius 2 is 1.62 bits per heavy atom. The number of anilines is 3. The van der Waals surface area contributed by atoms with Crippen LogP contribution in [0, 0.1) is 12.7 Å². The van der Waals surface area contributed by atoms with E-state index in [1.165, 1.54) is 18.9 Å². The van der Waals surface area contributed by atoms with Crippen LogP contribution in [-0.4, -0.2) is 54.2 Å². The van der Waals surface area contributed by atoms with Crippen LogP contribution in [0.25, 0.3) is 0 Å². The van der Waals surface area contributed by atoms with Crippen LogP contribution < -0.4 is 14.7 Å². The highest BCUT2D eigenvalue weighted by Crippen LogP contribution is 2.24. The molecule has 0 spiro atoms. The summed E-state index contributed by atoms with van der Waals surface area (Å²) in [6.07, 6.45) is 4.09. The Morgan fingerprint density at radius 3 is 2.31 bits per heavy atom. The van der Waals surface area contributed by atoms with Crippen LogP contribution >= 0.6 is 15.9 Å². The maximum absolute atomic E-state index is 14.2. The molecule has 2 aliphatic heterocycles. The molecular formula is C18H22BrFN6. The van der Waals surface area contributed by atoms with Gasteiger partial charge in [0.25, 0.3) is 0 Å². The van der Waals surface area contributed by atoms with E-state index in [4.69, 9.17) is 4.98 Å². The molecule has 0 unspecified atom stereocenters. The molecule has 0 aliphatic carbocycles. The molecule has 0 bridgehead atoms. The molecule has 0 aromatic carbocycles. The van der Waals surface area contributed by atoms with Crippen LogP contribution in [0.1, 0.15) is 18.5 Å². The van der Waals surface area contributed by atoms with E-state index in [-0.39, 0.29) is 5.82 Å². The fourth-order valence-corrected chi connectivity index (χ4v) is 3.85. The second-order valence-electron chi connectivity index (χ2n) is 6.79. The van der Waals surface area contributed by atoms with E-state index in [2.05, 4.69) is 41.8 Å². The maximum atomic E-state index is 14.2. The van der Waals surface area contributed by atoms with Crippen molar-refractivity contribution in [2.45, 2.75) is 19.8 Å². The number of aryl methyl sites for hydroxylation is 1. The van der Waals surface area contributed by atoms with E-state index in [9.17, 15) is 4.39 Å². The summed E-state index contributed by atoms with van der Waals surface area (Å²) >= 11 is 3.25. The third kappa shape index (κ3) is 3.60. The van der Waals surface area contributed by atoms with Gasteiger partial charge in [-0.05, 0) is 41.8 Å². The lowest BCUT2D eigenvalue weighted by atomic mass is 10.3. The zero-order valence-electron chi connectivity index (χ0n) is 14.8. The highest BCUT2D eigenvalue weighted by Gasteiger charge is 2.23.